The van der Waals surface area contributed by atoms with Crippen molar-refractivity contribution in [2.45, 2.75) is 24.0 Å². The summed E-state index contributed by atoms with van der Waals surface area (Å²) in [6.45, 7) is -0.699. The Labute approximate surface area is 108 Å². The zero-order chi connectivity index (χ0) is 14.2. The van der Waals surface area contributed by atoms with Gasteiger partial charge in [0.15, 0.2) is 11.8 Å². The molecule has 0 spiro atoms. The van der Waals surface area contributed by atoms with Gasteiger partial charge in [-0.25, -0.2) is 4.79 Å². The molecule has 0 aliphatic carbocycles. The van der Waals surface area contributed by atoms with Gasteiger partial charge in [0, 0.05) is 6.20 Å². The predicted octanol–water partition coefficient (Wildman–Crippen LogP) is -2.56. The fourth-order valence-corrected chi connectivity index (χ4v) is 1.92. The number of anilines is 1. The molecule has 8 heteroatoms. The van der Waals surface area contributed by atoms with Crippen LogP contribution in [0.2, 0.25) is 0 Å². The minimum absolute atomic E-state index is 0.0136. The molecule has 1 saturated heterocycles. The van der Waals surface area contributed by atoms with Gasteiger partial charge in [-0.15, -0.1) is 6.42 Å². The highest BCUT2D eigenvalue weighted by molar-refractivity contribution is 5.24. The maximum absolute atomic E-state index is 11.7. The van der Waals surface area contributed by atoms with Crippen LogP contribution in [0.3, 0.4) is 0 Å². The number of nitrogens with two attached hydrogens (primary N) is 1. The number of nitrogen functional groups attached to an aromatic ring is 1. The van der Waals surface area contributed by atoms with Gasteiger partial charge in [-0.3, -0.25) is 4.57 Å². The standard InChI is InChI=1S/C11H13N3O5/c1-2-11(5-15)8(17)7(16)9(19-11)14-4-3-6(12)13-10(14)18/h1,3-4,7-9,15-17H,5H2,(H2,12,13,18)/t7-,8-,9+,11?/m0/s1. The minimum Gasteiger partial charge on any atom is -0.392 e. The summed E-state index contributed by atoms with van der Waals surface area (Å²) in [6, 6.07) is 1.33. The Bertz CT molecular complexity index is 580. The van der Waals surface area contributed by atoms with Gasteiger partial charge in [-0.1, -0.05) is 5.92 Å². The van der Waals surface area contributed by atoms with E-state index < -0.39 is 36.3 Å². The molecule has 8 nitrogen and oxygen atoms in total. The molecule has 4 atom stereocenters. The molecule has 1 fully saturated rings. The van der Waals surface area contributed by atoms with Gasteiger partial charge in [0.2, 0.25) is 0 Å². The monoisotopic (exact) mass is 267 g/mol. The van der Waals surface area contributed by atoms with Gasteiger partial charge >= 0.3 is 5.69 Å². The van der Waals surface area contributed by atoms with Crippen molar-refractivity contribution in [1.82, 2.24) is 9.55 Å². The van der Waals surface area contributed by atoms with E-state index in [9.17, 15) is 20.1 Å². The van der Waals surface area contributed by atoms with Crippen LogP contribution in [0, 0.1) is 12.3 Å². The third-order valence-electron chi connectivity index (χ3n) is 3.03. The Morgan fingerprint density at radius 3 is 2.79 bits per heavy atom. The molecular weight excluding hydrogens is 254 g/mol. The first-order chi connectivity index (χ1) is 8.95. The molecule has 5 N–H and O–H groups in total. The summed E-state index contributed by atoms with van der Waals surface area (Å²) in [6.07, 6.45) is 2.20. The molecule has 0 bridgehead atoms. The van der Waals surface area contributed by atoms with Crippen molar-refractivity contribution in [1.29, 1.82) is 0 Å². The van der Waals surface area contributed by atoms with Crippen LogP contribution in [0.15, 0.2) is 17.1 Å². The molecule has 0 aromatic carbocycles. The van der Waals surface area contributed by atoms with E-state index in [2.05, 4.69) is 10.9 Å². The van der Waals surface area contributed by atoms with Crippen molar-refractivity contribution < 1.29 is 20.1 Å². The predicted molar refractivity (Wildman–Crippen MR) is 63.7 cm³/mol. The number of aliphatic hydroxyl groups is 3. The molecule has 2 rings (SSSR count). The Morgan fingerprint density at radius 2 is 2.32 bits per heavy atom. The molecule has 1 aliphatic heterocycles. The fourth-order valence-electron chi connectivity index (χ4n) is 1.92. The second-order valence-electron chi connectivity index (χ2n) is 4.18. The SMILES string of the molecule is C#CC1(CO)O[C@@H](n2ccc(N)nc2=O)[C@@H](O)[C@@H]1O. The molecule has 1 aliphatic rings. The maximum Gasteiger partial charge on any atom is 0.351 e. The van der Waals surface area contributed by atoms with Crippen LogP contribution in [-0.2, 0) is 4.74 Å². The highest BCUT2D eigenvalue weighted by atomic mass is 16.6. The van der Waals surface area contributed by atoms with Crippen LogP contribution >= 0.6 is 0 Å². The Hall–Kier alpha value is -1.92. The number of hydrogen-bond donors (Lipinski definition) is 4. The maximum atomic E-state index is 11.7. The highest BCUT2D eigenvalue weighted by Gasteiger charge is 2.54. The quantitative estimate of drug-likeness (QED) is 0.433. The lowest BCUT2D eigenvalue weighted by molar-refractivity contribution is -0.0935. The van der Waals surface area contributed by atoms with Crippen molar-refractivity contribution >= 4 is 5.82 Å². The van der Waals surface area contributed by atoms with Crippen molar-refractivity contribution in [3.63, 3.8) is 0 Å². The van der Waals surface area contributed by atoms with Crippen LogP contribution in [-0.4, -0.2) is 49.3 Å². The number of nitrogens with zero attached hydrogens (tertiary/aromatic N) is 2. The summed E-state index contributed by atoms with van der Waals surface area (Å²) in [5, 5.41) is 29.0. The molecule has 2 heterocycles. The first kappa shape index (κ1) is 13.5. The second-order valence-corrected chi connectivity index (χ2v) is 4.18. The van der Waals surface area contributed by atoms with Gasteiger partial charge in [0.25, 0.3) is 0 Å². The molecule has 19 heavy (non-hydrogen) atoms. The lowest BCUT2D eigenvalue weighted by Gasteiger charge is -2.23. The van der Waals surface area contributed by atoms with E-state index >= 15 is 0 Å². The Balaban J connectivity index is 2.43. The molecule has 1 unspecified atom stereocenters. The van der Waals surface area contributed by atoms with Crippen molar-refractivity contribution in [2.75, 3.05) is 12.3 Å². The number of hydrogen-bond acceptors (Lipinski definition) is 7. The summed E-state index contributed by atoms with van der Waals surface area (Å²) in [5.74, 6) is 2.11. The van der Waals surface area contributed by atoms with Crippen LogP contribution < -0.4 is 11.4 Å². The lowest BCUT2D eigenvalue weighted by Crippen LogP contribution is -2.45. The average Bonchev–Trinajstić information content (AvgIpc) is 2.64. The normalized spacial score (nSPS) is 34.1. The molecule has 0 radical (unpaired) electrons. The van der Waals surface area contributed by atoms with Crippen molar-refractivity contribution in [3.05, 3.63) is 22.7 Å². The third-order valence-corrected chi connectivity index (χ3v) is 3.03. The first-order valence-electron chi connectivity index (χ1n) is 5.42. The third kappa shape index (κ3) is 1.98. The largest absolute Gasteiger partial charge is 0.392 e. The molecule has 1 aromatic heterocycles. The Kier molecular flexibility index (Phi) is 3.30. The van der Waals surface area contributed by atoms with Crippen LogP contribution in [0.1, 0.15) is 6.23 Å². The minimum atomic E-state index is -1.76. The van der Waals surface area contributed by atoms with Gasteiger partial charge < -0.3 is 25.8 Å². The number of terminal acetylenes is 1. The molecule has 102 valence electrons. The topological polar surface area (TPSA) is 131 Å². The number of rotatable bonds is 2. The lowest BCUT2D eigenvalue weighted by atomic mass is 9.97. The molecule has 1 aromatic rings. The fraction of sp³-hybridized carbons (Fsp3) is 0.455. The van der Waals surface area contributed by atoms with Gasteiger partial charge in [0.1, 0.15) is 18.0 Å². The summed E-state index contributed by atoms with van der Waals surface area (Å²) in [5.41, 5.74) is 2.82. The zero-order valence-electron chi connectivity index (χ0n) is 9.80. The van der Waals surface area contributed by atoms with E-state index in [0.29, 0.717) is 0 Å². The van der Waals surface area contributed by atoms with E-state index in [0.717, 1.165) is 4.57 Å². The zero-order valence-corrected chi connectivity index (χ0v) is 9.80. The summed E-state index contributed by atoms with van der Waals surface area (Å²) in [7, 11) is 0. The van der Waals surface area contributed by atoms with Gasteiger partial charge in [-0.05, 0) is 6.07 Å². The van der Waals surface area contributed by atoms with Crippen LogP contribution in [0.5, 0.6) is 0 Å². The number of aliphatic hydroxyl groups excluding tert-OH is 3. The van der Waals surface area contributed by atoms with Crippen LogP contribution in [0.25, 0.3) is 0 Å². The first-order valence-corrected chi connectivity index (χ1v) is 5.42. The van der Waals surface area contributed by atoms with E-state index in [4.69, 9.17) is 16.9 Å². The highest BCUT2D eigenvalue weighted by Crippen LogP contribution is 2.35. The van der Waals surface area contributed by atoms with E-state index in [-0.39, 0.29) is 5.82 Å². The summed E-state index contributed by atoms with van der Waals surface area (Å²) < 4.78 is 6.22. The molecule has 0 amide bonds. The second kappa shape index (κ2) is 4.64. The smallest absolute Gasteiger partial charge is 0.351 e. The average molecular weight is 267 g/mol. The van der Waals surface area contributed by atoms with Crippen molar-refractivity contribution in [2.24, 2.45) is 0 Å². The Morgan fingerprint density at radius 1 is 1.63 bits per heavy atom. The molecule has 0 saturated carbocycles. The summed E-state index contributed by atoms with van der Waals surface area (Å²) in [4.78, 5) is 15.1. The number of ether oxygens (including phenoxy) is 1. The van der Waals surface area contributed by atoms with Crippen LogP contribution in [0.4, 0.5) is 5.82 Å². The van der Waals surface area contributed by atoms with E-state index in [1.807, 2.05) is 0 Å². The van der Waals surface area contributed by atoms with E-state index in [1.165, 1.54) is 12.3 Å². The molecular formula is C11H13N3O5. The number of aromatic nitrogens is 2. The van der Waals surface area contributed by atoms with Gasteiger partial charge in [0.05, 0.1) is 6.61 Å². The van der Waals surface area contributed by atoms with E-state index in [1.54, 1.807) is 0 Å². The summed E-state index contributed by atoms with van der Waals surface area (Å²) >= 11 is 0. The van der Waals surface area contributed by atoms with Gasteiger partial charge in [-0.2, -0.15) is 4.98 Å². The van der Waals surface area contributed by atoms with Crippen molar-refractivity contribution in [3.8, 4) is 12.3 Å².